The summed E-state index contributed by atoms with van der Waals surface area (Å²) in [6.45, 7) is 12.1. The number of amidine groups is 2. The minimum Gasteiger partial charge on any atom is -0.387 e. The second-order valence-corrected chi connectivity index (χ2v) is 25.6. The average molecular weight is 805 g/mol. The molecule has 0 heterocycles. The van der Waals surface area contributed by atoms with Gasteiger partial charge in [0.15, 0.2) is 0 Å². The van der Waals surface area contributed by atoms with Crippen molar-refractivity contribution in [1.82, 2.24) is 0 Å². The van der Waals surface area contributed by atoms with Crippen molar-refractivity contribution in [3.05, 3.63) is 0 Å². The molecule has 4 unspecified atom stereocenters. The predicted molar refractivity (Wildman–Crippen MR) is 225 cm³/mol. The van der Waals surface area contributed by atoms with Gasteiger partial charge in [-0.05, 0) is 148 Å². The quantitative estimate of drug-likeness (QED) is 0.0327. The van der Waals surface area contributed by atoms with Crippen LogP contribution < -0.4 is 11.5 Å². The Balaban J connectivity index is 0.000000943. The minimum atomic E-state index is -4.67. The topological polar surface area (TPSA) is 151 Å². The van der Waals surface area contributed by atoms with E-state index < -0.39 is 10.4 Å². The second kappa shape index (κ2) is 17.1. The van der Waals surface area contributed by atoms with Crippen molar-refractivity contribution in [3.8, 4) is 0 Å². The molecule has 0 saturated heterocycles. The molecule has 6 N–H and O–H groups in total. The predicted octanol–water partition coefficient (Wildman–Crippen LogP) is 9.73. The summed E-state index contributed by atoms with van der Waals surface area (Å²) in [4.78, 5) is 9.29. The molecule has 0 radical (unpaired) electrons. The highest BCUT2D eigenvalue weighted by atomic mass is 33.1. The molecule has 0 aromatic carbocycles. The van der Waals surface area contributed by atoms with Gasteiger partial charge in [0, 0.05) is 22.6 Å². The lowest BCUT2D eigenvalue weighted by Gasteiger charge is -2.65. The number of rotatable bonds is 19. The zero-order valence-corrected chi connectivity index (χ0v) is 36.0. The Morgan fingerprint density at radius 3 is 1.24 bits per heavy atom. The van der Waals surface area contributed by atoms with Crippen LogP contribution in [0.1, 0.15) is 143 Å². The highest BCUT2D eigenvalue weighted by molar-refractivity contribution is 8.77. The van der Waals surface area contributed by atoms with Crippen LogP contribution in [0.25, 0.3) is 0 Å². The van der Waals surface area contributed by atoms with Crippen molar-refractivity contribution in [3.63, 3.8) is 0 Å². The smallest absolute Gasteiger partial charge is 0.387 e. The average Bonchev–Trinajstić information content (AvgIpc) is 2.93. The van der Waals surface area contributed by atoms with Gasteiger partial charge < -0.3 is 11.5 Å². The minimum absolute atomic E-state index is 0.596. The molecular weight excluding hydrogens is 737 g/mol. The van der Waals surface area contributed by atoms with Crippen molar-refractivity contribution < 1.29 is 17.5 Å². The molecular formula is C38H68N4O4S5. The number of unbranched alkanes of at least 4 members (excludes halogenated alkanes) is 4. The molecule has 294 valence electrons. The summed E-state index contributed by atoms with van der Waals surface area (Å²) >= 11 is 4.68. The maximum absolute atomic E-state index is 8.74. The first-order valence-corrected chi connectivity index (χ1v) is 25.5. The Hall–Kier alpha value is 0.210. The van der Waals surface area contributed by atoms with Crippen LogP contribution in [0.4, 0.5) is 0 Å². The zero-order chi connectivity index (χ0) is 37.0. The van der Waals surface area contributed by atoms with Crippen LogP contribution in [0, 0.1) is 33.5 Å². The third-order valence-electron chi connectivity index (χ3n) is 12.7. The van der Waals surface area contributed by atoms with E-state index in [1.54, 1.807) is 21.6 Å². The summed E-state index contributed by atoms with van der Waals surface area (Å²) in [6, 6.07) is 0. The third kappa shape index (κ3) is 12.9. The Kier molecular flexibility index (Phi) is 14.2. The van der Waals surface area contributed by atoms with Gasteiger partial charge >= 0.3 is 10.4 Å². The van der Waals surface area contributed by atoms with Crippen molar-refractivity contribution in [2.24, 2.45) is 54.9 Å². The fourth-order valence-corrected chi connectivity index (χ4v) is 19.0. The van der Waals surface area contributed by atoms with E-state index in [-0.39, 0.29) is 0 Å². The van der Waals surface area contributed by atoms with E-state index in [1.807, 2.05) is 0 Å². The van der Waals surface area contributed by atoms with E-state index in [9.17, 15) is 0 Å². The fourth-order valence-electron chi connectivity index (χ4n) is 13.1. The zero-order valence-electron chi connectivity index (χ0n) is 31.9. The standard InChI is InChI=1S/C38H66N4S4.H2O4S/c1-33-15-29-16-34(2,23-33)26-37(19-29,25-33)43-13-9-5-7-11-41-31(39)21-45-46-22-32(40)42-12-8-6-10-14-44-38-20-30-17-35(3,27-38)24-36(4,18-30)28-38;1-5(2,3)4/h29-30H,5-28H2,1-4H3,(H2,39,41)(H2,40,42);(H2,1,2,3,4). The van der Waals surface area contributed by atoms with Gasteiger partial charge in [-0.2, -0.15) is 31.9 Å². The molecule has 8 fully saturated rings. The number of hydrogen-bond acceptors (Lipinski definition) is 8. The number of nitrogens with zero attached hydrogens (tertiary/aromatic N) is 2. The van der Waals surface area contributed by atoms with Crippen molar-refractivity contribution in [2.75, 3.05) is 36.1 Å². The van der Waals surface area contributed by atoms with Gasteiger partial charge in [0.2, 0.25) is 0 Å². The van der Waals surface area contributed by atoms with E-state index in [0.717, 1.165) is 60.9 Å². The van der Waals surface area contributed by atoms with Crippen LogP contribution >= 0.6 is 45.1 Å². The first kappa shape index (κ1) is 42.4. The summed E-state index contributed by atoms with van der Waals surface area (Å²) in [7, 11) is -1.16. The van der Waals surface area contributed by atoms with Crippen LogP contribution in [0.5, 0.6) is 0 Å². The highest BCUT2D eigenvalue weighted by Crippen LogP contribution is 2.71. The maximum atomic E-state index is 8.74. The molecule has 4 atom stereocenters. The molecule has 8 nitrogen and oxygen atoms in total. The highest BCUT2D eigenvalue weighted by Gasteiger charge is 2.61. The van der Waals surface area contributed by atoms with Crippen LogP contribution in [-0.2, 0) is 10.4 Å². The summed E-state index contributed by atoms with van der Waals surface area (Å²) in [5.41, 5.74) is 14.9. The molecule has 13 heteroatoms. The largest absolute Gasteiger partial charge is 0.394 e. The molecule has 0 aromatic rings. The molecule has 8 aliphatic rings. The number of nitrogens with two attached hydrogens (primary N) is 2. The molecule has 51 heavy (non-hydrogen) atoms. The molecule has 8 bridgehead atoms. The van der Waals surface area contributed by atoms with Gasteiger partial charge in [0.25, 0.3) is 0 Å². The van der Waals surface area contributed by atoms with Crippen molar-refractivity contribution in [1.29, 1.82) is 0 Å². The van der Waals surface area contributed by atoms with Crippen LogP contribution in [0.2, 0.25) is 0 Å². The van der Waals surface area contributed by atoms with Gasteiger partial charge in [-0.3, -0.25) is 19.1 Å². The van der Waals surface area contributed by atoms with E-state index in [2.05, 4.69) is 61.2 Å². The van der Waals surface area contributed by atoms with Gasteiger partial charge in [0.05, 0.1) is 11.5 Å². The Labute approximate surface area is 326 Å². The molecule has 0 spiro atoms. The SMILES string of the molecule is CC12CC3CC(C)(C1)CC(SCCCCCN=C(N)CSSCC(N)=NCCCCCSC14CC5CC(C)(CC(C)(C5)C1)C4)(C3)C2.O=S(=O)(O)O. The Bertz CT molecular complexity index is 1230. The van der Waals surface area contributed by atoms with Crippen LogP contribution in [0.15, 0.2) is 9.98 Å². The molecule has 8 rings (SSSR count). The maximum Gasteiger partial charge on any atom is 0.394 e. The molecule has 0 amide bonds. The van der Waals surface area contributed by atoms with Crippen LogP contribution in [0.3, 0.4) is 0 Å². The summed E-state index contributed by atoms with van der Waals surface area (Å²) in [5, 5.41) is 0. The molecule has 8 aliphatic carbocycles. The van der Waals surface area contributed by atoms with E-state index in [4.69, 9.17) is 29.0 Å². The van der Waals surface area contributed by atoms with Crippen molar-refractivity contribution >= 4 is 67.2 Å². The van der Waals surface area contributed by atoms with E-state index in [1.165, 1.54) is 114 Å². The first-order chi connectivity index (χ1) is 23.8. The van der Waals surface area contributed by atoms with Crippen molar-refractivity contribution in [2.45, 2.75) is 153 Å². The molecule has 0 aliphatic heterocycles. The van der Waals surface area contributed by atoms with E-state index in [0.29, 0.717) is 31.2 Å². The lowest BCUT2D eigenvalue weighted by atomic mass is 9.45. The normalized spacial score (nSPS) is 39.7. The lowest BCUT2D eigenvalue weighted by molar-refractivity contribution is -0.0780. The number of thioether (sulfide) groups is 2. The second-order valence-electron chi connectivity index (χ2n) is 19.2. The fraction of sp³-hybridized carbons (Fsp3) is 0.947. The summed E-state index contributed by atoms with van der Waals surface area (Å²) in [5.74, 6) is 7.74. The number of hydrogen-bond donors (Lipinski definition) is 4. The lowest BCUT2D eigenvalue weighted by Crippen LogP contribution is -2.57. The Morgan fingerprint density at radius 2 is 0.922 bits per heavy atom. The first-order valence-electron chi connectivity index (χ1n) is 19.6. The summed E-state index contributed by atoms with van der Waals surface area (Å²) < 4.78 is 32.8. The van der Waals surface area contributed by atoms with Gasteiger partial charge in [-0.1, -0.05) is 62.1 Å². The number of aliphatic imine (C=N–C) groups is 2. The molecule has 0 aromatic heterocycles. The van der Waals surface area contributed by atoms with E-state index >= 15 is 0 Å². The van der Waals surface area contributed by atoms with Gasteiger partial charge in [-0.25, -0.2) is 0 Å². The Morgan fingerprint density at radius 1 is 0.588 bits per heavy atom. The molecule has 8 saturated carbocycles. The van der Waals surface area contributed by atoms with Gasteiger partial charge in [0.1, 0.15) is 11.7 Å². The third-order valence-corrected chi connectivity index (χ3v) is 18.0. The summed E-state index contributed by atoms with van der Waals surface area (Å²) in [6.07, 6.45) is 25.4. The van der Waals surface area contributed by atoms with Gasteiger partial charge in [-0.15, -0.1) is 0 Å². The monoisotopic (exact) mass is 804 g/mol. The van der Waals surface area contributed by atoms with Crippen LogP contribution in [-0.4, -0.2) is 74.8 Å².